The molecule has 1 atom stereocenters. The lowest BCUT2D eigenvalue weighted by atomic mass is 9.96. The maximum atomic E-state index is 12.2. The van der Waals surface area contributed by atoms with E-state index in [0.717, 1.165) is 70.6 Å². The van der Waals surface area contributed by atoms with Gasteiger partial charge in [-0.1, -0.05) is 0 Å². The number of ether oxygens (including phenoxy) is 2. The molecule has 3 heterocycles. The van der Waals surface area contributed by atoms with Crippen molar-refractivity contribution in [2.45, 2.75) is 44.8 Å². The third kappa shape index (κ3) is 3.71. The molecular formula is C18H27N3O3. The maximum Gasteiger partial charge on any atom is 0.267 e. The minimum atomic E-state index is 0.0748. The summed E-state index contributed by atoms with van der Waals surface area (Å²) in [4.78, 5) is 14.7. The van der Waals surface area contributed by atoms with Crippen LogP contribution in [0.3, 0.4) is 0 Å². The molecule has 1 unspecified atom stereocenters. The fraction of sp³-hybridized carbons (Fsp3) is 0.778. The summed E-state index contributed by atoms with van der Waals surface area (Å²) in [5.41, 5.74) is 2.38. The van der Waals surface area contributed by atoms with Crippen LogP contribution in [-0.2, 0) is 28.9 Å². The Morgan fingerprint density at radius 1 is 1.17 bits per heavy atom. The van der Waals surface area contributed by atoms with Crippen LogP contribution in [0.15, 0.2) is 10.9 Å². The van der Waals surface area contributed by atoms with E-state index in [1.165, 1.54) is 5.56 Å². The summed E-state index contributed by atoms with van der Waals surface area (Å²) in [5.74, 6) is 0.550. The smallest absolute Gasteiger partial charge is 0.267 e. The number of hydrogen-bond donors (Lipinski definition) is 0. The van der Waals surface area contributed by atoms with Gasteiger partial charge in [0.1, 0.15) is 0 Å². The van der Waals surface area contributed by atoms with Gasteiger partial charge >= 0.3 is 0 Å². The molecule has 24 heavy (non-hydrogen) atoms. The van der Waals surface area contributed by atoms with Crippen molar-refractivity contribution in [3.05, 3.63) is 27.7 Å². The average molecular weight is 333 g/mol. The summed E-state index contributed by atoms with van der Waals surface area (Å²) in [6.45, 7) is 6.03. The van der Waals surface area contributed by atoms with Crippen LogP contribution >= 0.6 is 0 Å². The lowest BCUT2D eigenvalue weighted by molar-refractivity contribution is -0.0994. The fourth-order valence-corrected chi connectivity index (χ4v) is 4.10. The molecule has 0 aromatic carbocycles. The van der Waals surface area contributed by atoms with Crippen LogP contribution in [0.1, 0.15) is 30.5 Å². The SMILES string of the molecule is O=c1cc2c(nn1CC1CCN(CC3COCCO3)CC1)CCC2. The number of hydrogen-bond acceptors (Lipinski definition) is 5. The normalized spacial score (nSPS) is 25.8. The summed E-state index contributed by atoms with van der Waals surface area (Å²) in [5, 5.41) is 4.61. The van der Waals surface area contributed by atoms with E-state index >= 15 is 0 Å². The molecule has 2 aliphatic heterocycles. The second kappa shape index (κ2) is 7.33. The molecule has 0 N–H and O–H groups in total. The molecule has 1 aliphatic carbocycles. The Hall–Kier alpha value is -1.24. The van der Waals surface area contributed by atoms with Gasteiger partial charge in [-0.2, -0.15) is 5.10 Å². The van der Waals surface area contributed by atoms with Crippen LogP contribution in [0.2, 0.25) is 0 Å². The molecule has 0 saturated carbocycles. The summed E-state index contributed by atoms with van der Waals surface area (Å²) < 4.78 is 12.9. The minimum Gasteiger partial charge on any atom is -0.376 e. The lowest BCUT2D eigenvalue weighted by Gasteiger charge is -2.35. The third-order valence-corrected chi connectivity index (χ3v) is 5.51. The van der Waals surface area contributed by atoms with Crippen LogP contribution in [0.4, 0.5) is 0 Å². The maximum absolute atomic E-state index is 12.2. The van der Waals surface area contributed by atoms with Crippen LogP contribution in [-0.4, -0.2) is 60.2 Å². The molecule has 2 saturated heterocycles. The number of nitrogens with zero attached hydrogens (tertiary/aromatic N) is 3. The molecule has 132 valence electrons. The molecule has 4 rings (SSSR count). The molecule has 3 aliphatic rings. The van der Waals surface area contributed by atoms with E-state index in [4.69, 9.17) is 9.47 Å². The molecule has 1 aromatic rings. The Morgan fingerprint density at radius 2 is 2.04 bits per heavy atom. The average Bonchev–Trinajstić information content (AvgIpc) is 3.05. The third-order valence-electron chi connectivity index (χ3n) is 5.51. The summed E-state index contributed by atoms with van der Waals surface area (Å²) in [7, 11) is 0. The first-order chi connectivity index (χ1) is 11.8. The standard InChI is InChI=1S/C18H27N3O3/c22-18-10-15-2-1-3-17(15)19-21(18)11-14-4-6-20(7-5-14)12-16-13-23-8-9-24-16/h10,14,16H,1-9,11-13H2. The topological polar surface area (TPSA) is 56.6 Å². The molecular weight excluding hydrogens is 306 g/mol. The van der Waals surface area contributed by atoms with Crippen molar-refractivity contribution in [3.63, 3.8) is 0 Å². The Kier molecular flexibility index (Phi) is 4.96. The predicted molar refractivity (Wildman–Crippen MR) is 90.2 cm³/mol. The van der Waals surface area contributed by atoms with Gasteiger partial charge in [0.05, 0.1) is 31.6 Å². The van der Waals surface area contributed by atoms with Crippen LogP contribution in [0.25, 0.3) is 0 Å². The van der Waals surface area contributed by atoms with Crippen molar-refractivity contribution in [1.29, 1.82) is 0 Å². The Labute approximate surface area is 142 Å². The Bertz CT molecular complexity index is 616. The highest BCUT2D eigenvalue weighted by atomic mass is 16.6. The van der Waals surface area contributed by atoms with Gasteiger partial charge in [-0.15, -0.1) is 0 Å². The van der Waals surface area contributed by atoms with Crippen LogP contribution in [0.5, 0.6) is 0 Å². The zero-order valence-electron chi connectivity index (χ0n) is 14.3. The van der Waals surface area contributed by atoms with Crippen molar-refractivity contribution in [2.75, 3.05) is 39.5 Å². The van der Waals surface area contributed by atoms with E-state index < -0.39 is 0 Å². The van der Waals surface area contributed by atoms with Crippen molar-refractivity contribution in [3.8, 4) is 0 Å². The fourth-order valence-electron chi connectivity index (χ4n) is 4.10. The summed E-state index contributed by atoms with van der Waals surface area (Å²) >= 11 is 0. The molecule has 0 radical (unpaired) electrons. The van der Waals surface area contributed by atoms with Crippen molar-refractivity contribution >= 4 is 0 Å². The predicted octanol–water partition coefficient (Wildman–Crippen LogP) is 0.859. The highest BCUT2D eigenvalue weighted by Gasteiger charge is 2.24. The largest absolute Gasteiger partial charge is 0.376 e. The second-order valence-corrected chi connectivity index (χ2v) is 7.30. The molecule has 0 amide bonds. The number of aryl methyl sites for hydroxylation is 2. The second-order valence-electron chi connectivity index (χ2n) is 7.30. The van der Waals surface area contributed by atoms with Gasteiger partial charge in [-0.25, -0.2) is 4.68 Å². The minimum absolute atomic E-state index is 0.0748. The number of aromatic nitrogens is 2. The Balaban J connectivity index is 1.29. The number of likely N-dealkylation sites (tertiary alicyclic amines) is 1. The van der Waals surface area contributed by atoms with Crippen LogP contribution < -0.4 is 5.56 Å². The van der Waals surface area contributed by atoms with Gasteiger partial charge in [0.2, 0.25) is 0 Å². The van der Waals surface area contributed by atoms with Gasteiger partial charge in [0, 0.05) is 19.2 Å². The highest BCUT2D eigenvalue weighted by Crippen LogP contribution is 2.21. The van der Waals surface area contributed by atoms with Crippen molar-refractivity contribution in [1.82, 2.24) is 14.7 Å². The van der Waals surface area contributed by atoms with Gasteiger partial charge in [-0.3, -0.25) is 4.79 Å². The highest BCUT2D eigenvalue weighted by molar-refractivity contribution is 5.22. The van der Waals surface area contributed by atoms with Crippen molar-refractivity contribution in [2.24, 2.45) is 5.92 Å². The molecule has 6 nitrogen and oxygen atoms in total. The van der Waals surface area contributed by atoms with Gasteiger partial charge in [-0.05, 0) is 56.7 Å². The Morgan fingerprint density at radius 3 is 2.83 bits per heavy atom. The van der Waals surface area contributed by atoms with E-state index in [9.17, 15) is 4.79 Å². The van der Waals surface area contributed by atoms with Crippen molar-refractivity contribution < 1.29 is 9.47 Å². The number of fused-ring (bicyclic) bond motifs is 1. The molecule has 2 fully saturated rings. The van der Waals surface area contributed by atoms with Gasteiger partial charge in [0.25, 0.3) is 5.56 Å². The lowest BCUT2D eigenvalue weighted by Crippen LogP contribution is -2.44. The quantitative estimate of drug-likeness (QED) is 0.818. The zero-order chi connectivity index (χ0) is 16.4. The van der Waals surface area contributed by atoms with Crippen LogP contribution in [0, 0.1) is 5.92 Å². The number of rotatable bonds is 4. The molecule has 0 spiro atoms. The van der Waals surface area contributed by atoms with E-state index in [2.05, 4.69) is 10.00 Å². The van der Waals surface area contributed by atoms with Gasteiger partial charge < -0.3 is 14.4 Å². The molecule has 1 aromatic heterocycles. The van der Waals surface area contributed by atoms with E-state index in [0.29, 0.717) is 19.1 Å². The summed E-state index contributed by atoms with van der Waals surface area (Å²) in [6.07, 6.45) is 5.65. The molecule has 6 heteroatoms. The van der Waals surface area contributed by atoms with E-state index in [-0.39, 0.29) is 11.7 Å². The molecule has 0 bridgehead atoms. The zero-order valence-corrected chi connectivity index (χ0v) is 14.3. The van der Waals surface area contributed by atoms with Gasteiger partial charge in [0.15, 0.2) is 0 Å². The first-order valence-corrected chi connectivity index (χ1v) is 9.29. The first kappa shape index (κ1) is 16.2. The van der Waals surface area contributed by atoms with E-state index in [1.54, 1.807) is 4.68 Å². The van der Waals surface area contributed by atoms with E-state index in [1.807, 2.05) is 6.07 Å². The summed E-state index contributed by atoms with van der Waals surface area (Å²) in [6, 6.07) is 1.81. The monoisotopic (exact) mass is 333 g/mol. The first-order valence-electron chi connectivity index (χ1n) is 9.29. The number of piperidine rings is 1.